The van der Waals surface area contributed by atoms with Gasteiger partial charge >= 0.3 is 0 Å². The van der Waals surface area contributed by atoms with Gasteiger partial charge in [-0.3, -0.25) is 9.59 Å². The molecule has 0 radical (unpaired) electrons. The van der Waals surface area contributed by atoms with Gasteiger partial charge < -0.3 is 15.8 Å². The summed E-state index contributed by atoms with van der Waals surface area (Å²) in [6.45, 7) is 1.85. The molecule has 2 atom stereocenters. The Morgan fingerprint density at radius 1 is 1.26 bits per heavy atom. The number of carbonyl (C=O) groups is 2. The Bertz CT molecular complexity index is 607. The van der Waals surface area contributed by atoms with E-state index < -0.39 is 29.0 Å². The zero-order chi connectivity index (χ0) is 17.0. The van der Waals surface area contributed by atoms with Crippen LogP contribution in [-0.2, 0) is 9.53 Å². The minimum Gasteiger partial charge on any atom is -0.368 e. The zero-order valence-corrected chi connectivity index (χ0v) is 12.9. The molecule has 1 saturated carbocycles. The van der Waals surface area contributed by atoms with Crippen molar-refractivity contribution in [3.8, 4) is 0 Å². The number of carbonyl (C=O) groups excluding carboxylic acids is 2. The third kappa shape index (κ3) is 4.48. The second-order valence-corrected chi connectivity index (χ2v) is 5.84. The first-order valence-electron chi connectivity index (χ1n) is 7.58. The minimum atomic E-state index is -1.07. The number of nitrogens with two attached hydrogens (primary N) is 1. The highest BCUT2D eigenvalue weighted by atomic mass is 19.1. The van der Waals surface area contributed by atoms with Gasteiger partial charge in [-0.25, -0.2) is 8.78 Å². The number of benzene rings is 1. The van der Waals surface area contributed by atoms with Crippen LogP contribution >= 0.6 is 0 Å². The van der Waals surface area contributed by atoms with E-state index in [0.29, 0.717) is 12.0 Å². The van der Waals surface area contributed by atoms with Crippen molar-refractivity contribution < 1.29 is 23.1 Å². The van der Waals surface area contributed by atoms with Crippen molar-refractivity contribution in [2.45, 2.75) is 38.7 Å². The van der Waals surface area contributed by atoms with Gasteiger partial charge in [0.15, 0.2) is 0 Å². The lowest BCUT2D eigenvalue weighted by molar-refractivity contribution is -0.124. The van der Waals surface area contributed by atoms with Gasteiger partial charge in [0.05, 0.1) is 17.4 Å². The summed E-state index contributed by atoms with van der Waals surface area (Å²) < 4.78 is 32.6. The number of nitrogens with one attached hydrogen (secondary N) is 1. The molecular formula is C16H20F2N2O3. The molecule has 3 N–H and O–H groups in total. The van der Waals surface area contributed by atoms with Crippen molar-refractivity contribution in [2.24, 2.45) is 11.7 Å². The van der Waals surface area contributed by atoms with E-state index in [2.05, 4.69) is 12.2 Å². The third-order valence-corrected chi connectivity index (χ3v) is 4.06. The van der Waals surface area contributed by atoms with Crippen LogP contribution in [0.5, 0.6) is 0 Å². The SMILES string of the molecule is C[C@H]1CCCC[C@H]1OCC(=O)Nc1cc(C(N)=O)c(F)cc1F. The van der Waals surface area contributed by atoms with Crippen molar-refractivity contribution in [1.29, 1.82) is 0 Å². The monoisotopic (exact) mass is 326 g/mol. The van der Waals surface area contributed by atoms with E-state index >= 15 is 0 Å². The third-order valence-electron chi connectivity index (χ3n) is 4.06. The molecule has 1 fully saturated rings. The summed E-state index contributed by atoms with van der Waals surface area (Å²) in [4.78, 5) is 22.9. The van der Waals surface area contributed by atoms with Crippen LogP contribution in [0.1, 0.15) is 43.0 Å². The van der Waals surface area contributed by atoms with Crippen LogP contribution in [0.3, 0.4) is 0 Å². The van der Waals surface area contributed by atoms with E-state index in [1.807, 2.05) is 0 Å². The van der Waals surface area contributed by atoms with E-state index in [0.717, 1.165) is 31.7 Å². The number of primary amides is 1. The number of halogens is 2. The Kier molecular flexibility index (Phi) is 5.65. The number of hydrogen-bond acceptors (Lipinski definition) is 3. The Morgan fingerprint density at radius 2 is 1.96 bits per heavy atom. The summed E-state index contributed by atoms with van der Waals surface area (Å²) >= 11 is 0. The van der Waals surface area contributed by atoms with Crippen LogP contribution in [0, 0.1) is 17.6 Å². The fourth-order valence-corrected chi connectivity index (χ4v) is 2.73. The standard InChI is InChI=1S/C16H20F2N2O3/c1-9-4-2-3-5-14(9)23-8-15(21)20-13-6-10(16(19)22)11(17)7-12(13)18/h6-7,9,14H,2-5,8H2,1H3,(H2,19,22)(H,20,21)/t9-,14+/m0/s1. The average Bonchev–Trinajstić information content (AvgIpc) is 2.49. The molecule has 2 rings (SSSR count). The summed E-state index contributed by atoms with van der Waals surface area (Å²) in [5.41, 5.74) is 4.21. The molecule has 0 bridgehead atoms. The average molecular weight is 326 g/mol. The van der Waals surface area contributed by atoms with Gasteiger partial charge in [-0.2, -0.15) is 0 Å². The largest absolute Gasteiger partial charge is 0.368 e. The molecule has 1 aliphatic carbocycles. The van der Waals surface area contributed by atoms with Crippen LogP contribution in [0.4, 0.5) is 14.5 Å². The van der Waals surface area contributed by atoms with E-state index in [9.17, 15) is 18.4 Å². The highest BCUT2D eigenvalue weighted by molar-refractivity contribution is 5.96. The molecule has 0 unspecified atom stereocenters. The maximum atomic E-state index is 13.7. The van der Waals surface area contributed by atoms with Crippen molar-refractivity contribution >= 4 is 17.5 Å². The Morgan fingerprint density at radius 3 is 2.61 bits per heavy atom. The van der Waals surface area contributed by atoms with Gasteiger partial charge in [0.25, 0.3) is 5.91 Å². The van der Waals surface area contributed by atoms with Crippen LogP contribution in [0.2, 0.25) is 0 Å². The number of hydrogen-bond donors (Lipinski definition) is 2. The van der Waals surface area contributed by atoms with E-state index in [1.54, 1.807) is 0 Å². The normalized spacial score (nSPS) is 21.0. The Labute approximate surface area is 133 Å². The lowest BCUT2D eigenvalue weighted by Gasteiger charge is -2.28. The second kappa shape index (κ2) is 7.50. The van der Waals surface area contributed by atoms with Crippen molar-refractivity contribution in [3.05, 3.63) is 29.3 Å². The number of amides is 2. The summed E-state index contributed by atoms with van der Waals surface area (Å²) in [5.74, 6) is -3.28. The molecular weight excluding hydrogens is 306 g/mol. The van der Waals surface area contributed by atoms with Crippen molar-refractivity contribution in [2.75, 3.05) is 11.9 Å². The molecule has 2 amide bonds. The van der Waals surface area contributed by atoms with Crippen LogP contribution in [0.15, 0.2) is 12.1 Å². The molecule has 0 saturated heterocycles. The molecule has 126 valence electrons. The highest BCUT2D eigenvalue weighted by Crippen LogP contribution is 2.26. The summed E-state index contributed by atoms with van der Waals surface area (Å²) in [6, 6.07) is 1.40. The molecule has 0 aliphatic heterocycles. The van der Waals surface area contributed by atoms with Crippen LogP contribution in [-0.4, -0.2) is 24.5 Å². The first-order chi connectivity index (χ1) is 10.9. The quantitative estimate of drug-likeness (QED) is 0.872. The Balaban J connectivity index is 1.97. The van der Waals surface area contributed by atoms with Crippen molar-refractivity contribution in [3.63, 3.8) is 0 Å². The van der Waals surface area contributed by atoms with Gasteiger partial charge in [-0.1, -0.05) is 19.8 Å². The molecule has 7 heteroatoms. The number of rotatable bonds is 5. The fraction of sp³-hybridized carbons (Fsp3) is 0.500. The van der Waals surface area contributed by atoms with Gasteiger partial charge in [-0.15, -0.1) is 0 Å². The zero-order valence-electron chi connectivity index (χ0n) is 12.9. The first kappa shape index (κ1) is 17.3. The highest BCUT2D eigenvalue weighted by Gasteiger charge is 2.23. The van der Waals surface area contributed by atoms with E-state index in [1.165, 1.54) is 0 Å². The summed E-state index contributed by atoms with van der Waals surface area (Å²) in [5, 5.41) is 2.27. The smallest absolute Gasteiger partial charge is 0.251 e. The molecule has 1 aromatic carbocycles. The molecule has 23 heavy (non-hydrogen) atoms. The lowest BCUT2D eigenvalue weighted by Crippen LogP contribution is -2.30. The fourth-order valence-electron chi connectivity index (χ4n) is 2.73. The topological polar surface area (TPSA) is 81.4 Å². The molecule has 5 nitrogen and oxygen atoms in total. The molecule has 1 aliphatic rings. The molecule has 0 spiro atoms. The van der Waals surface area contributed by atoms with E-state index in [-0.39, 0.29) is 18.4 Å². The Hall–Kier alpha value is -2.02. The predicted molar refractivity (Wildman–Crippen MR) is 80.9 cm³/mol. The van der Waals surface area contributed by atoms with Gasteiger partial charge in [0, 0.05) is 6.07 Å². The summed E-state index contributed by atoms with van der Waals surface area (Å²) in [6.07, 6.45) is 4.18. The predicted octanol–water partition coefficient (Wildman–Crippen LogP) is 2.60. The van der Waals surface area contributed by atoms with Crippen LogP contribution in [0.25, 0.3) is 0 Å². The maximum absolute atomic E-state index is 13.7. The lowest BCUT2D eigenvalue weighted by atomic mass is 9.88. The maximum Gasteiger partial charge on any atom is 0.251 e. The molecule has 0 aromatic heterocycles. The number of anilines is 1. The minimum absolute atomic E-state index is 0.00810. The van der Waals surface area contributed by atoms with E-state index in [4.69, 9.17) is 10.5 Å². The van der Waals surface area contributed by atoms with Crippen LogP contribution < -0.4 is 11.1 Å². The summed E-state index contributed by atoms with van der Waals surface area (Å²) in [7, 11) is 0. The molecule has 0 heterocycles. The number of ether oxygens (including phenoxy) is 1. The first-order valence-corrected chi connectivity index (χ1v) is 7.58. The second-order valence-electron chi connectivity index (χ2n) is 5.84. The van der Waals surface area contributed by atoms with Gasteiger partial charge in [0.2, 0.25) is 5.91 Å². The van der Waals surface area contributed by atoms with Gasteiger partial charge in [-0.05, 0) is 24.8 Å². The molecule has 1 aromatic rings. The van der Waals surface area contributed by atoms with Gasteiger partial charge in [0.1, 0.15) is 18.2 Å². The van der Waals surface area contributed by atoms with Crippen molar-refractivity contribution in [1.82, 2.24) is 0 Å².